The Morgan fingerprint density at radius 1 is 1.38 bits per heavy atom. The largest absolute Gasteiger partial charge is 0.388 e. The first-order chi connectivity index (χ1) is 10.2. The van der Waals surface area contributed by atoms with Crippen molar-refractivity contribution in [1.82, 2.24) is 5.32 Å². The molecule has 1 aromatic carbocycles. The number of aliphatic hydroxyl groups is 1. The van der Waals surface area contributed by atoms with Gasteiger partial charge in [-0.15, -0.1) is 11.8 Å². The van der Waals surface area contributed by atoms with Crippen molar-refractivity contribution in [2.24, 2.45) is 0 Å². The van der Waals surface area contributed by atoms with E-state index in [4.69, 9.17) is 0 Å². The zero-order chi connectivity index (χ0) is 15.1. The van der Waals surface area contributed by atoms with Gasteiger partial charge in [0.25, 0.3) is 0 Å². The summed E-state index contributed by atoms with van der Waals surface area (Å²) in [7, 11) is 0. The third-order valence-corrected chi connectivity index (χ3v) is 4.76. The fourth-order valence-corrected chi connectivity index (χ4v) is 3.37. The van der Waals surface area contributed by atoms with Gasteiger partial charge in [0.2, 0.25) is 5.91 Å². The average Bonchev–Trinajstić information content (AvgIpc) is 2.97. The summed E-state index contributed by atoms with van der Waals surface area (Å²) in [5.74, 6) is 0.619. The van der Waals surface area contributed by atoms with E-state index in [-0.39, 0.29) is 11.7 Å². The molecule has 112 valence electrons. The molecular weight excluding hydrogens is 284 g/mol. The van der Waals surface area contributed by atoms with Crippen LogP contribution in [0.1, 0.15) is 37.4 Å². The fraction of sp³-hybridized carbons (Fsp3) is 0.500. The predicted octanol–water partition coefficient (Wildman–Crippen LogP) is 2.41. The van der Waals surface area contributed by atoms with Crippen molar-refractivity contribution in [1.29, 1.82) is 5.26 Å². The number of aliphatic hydroxyl groups excluding tert-OH is 1. The third kappa shape index (κ3) is 4.48. The van der Waals surface area contributed by atoms with Crippen LogP contribution in [0.5, 0.6) is 0 Å². The second kappa shape index (κ2) is 7.48. The molecule has 2 rings (SSSR count). The molecule has 1 aromatic rings. The second-order valence-electron chi connectivity index (χ2n) is 5.39. The summed E-state index contributed by atoms with van der Waals surface area (Å²) in [6, 6.07) is 11.6. The van der Waals surface area contributed by atoms with Crippen LogP contribution in [0.2, 0.25) is 0 Å². The van der Waals surface area contributed by atoms with E-state index in [1.807, 2.05) is 30.3 Å². The zero-order valence-electron chi connectivity index (χ0n) is 11.9. The first-order valence-electron chi connectivity index (χ1n) is 7.18. The molecule has 1 aliphatic rings. The molecule has 1 saturated carbocycles. The number of hydrogen-bond acceptors (Lipinski definition) is 4. The Kier molecular flexibility index (Phi) is 5.66. The van der Waals surface area contributed by atoms with Crippen LogP contribution in [0.15, 0.2) is 30.3 Å². The highest BCUT2D eigenvalue weighted by molar-refractivity contribution is 7.99. The molecule has 5 heteroatoms. The van der Waals surface area contributed by atoms with Crippen molar-refractivity contribution in [3.8, 4) is 6.07 Å². The summed E-state index contributed by atoms with van der Waals surface area (Å²) in [5.41, 5.74) is 0.199. The lowest BCUT2D eigenvalue weighted by molar-refractivity contribution is -0.119. The molecule has 1 atom stereocenters. The first kappa shape index (κ1) is 15.9. The monoisotopic (exact) mass is 304 g/mol. The molecule has 21 heavy (non-hydrogen) atoms. The van der Waals surface area contributed by atoms with Gasteiger partial charge in [-0.2, -0.15) is 5.26 Å². The first-order valence-corrected chi connectivity index (χ1v) is 8.34. The Hall–Kier alpha value is -1.51. The summed E-state index contributed by atoms with van der Waals surface area (Å²) < 4.78 is 0. The van der Waals surface area contributed by atoms with Gasteiger partial charge < -0.3 is 10.4 Å². The van der Waals surface area contributed by atoms with Crippen LogP contribution >= 0.6 is 11.8 Å². The van der Waals surface area contributed by atoms with E-state index in [0.717, 1.165) is 31.2 Å². The number of hydrogen-bond donors (Lipinski definition) is 2. The van der Waals surface area contributed by atoms with Crippen LogP contribution in [0.25, 0.3) is 0 Å². The summed E-state index contributed by atoms with van der Waals surface area (Å²) in [6.45, 7) is 0. The fourth-order valence-electron chi connectivity index (χ4n) is 2.58. The van der Waals surface area contributed by atoms with E-state index in [2.05, 4.69) is 11.4 Å². The van der Waals surface area contributed by atoms with E-state index in [1.165, 1.54) is 11.8 Å². The maximum atomic E-state index is 11.9. The van der Waals surface area contributed by atoms with Crippen molar-refractivity contribution in [2.45, 2.75) is 37.3 Å². The SMILES string of the molecule is N#CC1(NC(=O)CSC[C@@H](O)c2ccccc2)CCCC1. The van der Waals surface area contributed by atoms with Crippen LogP contribution in [-0.2, 0) is 4.79 Å². The van der Waals surface area contributed by atoms with Gasteiger partial charge in [0.1, 0.15) is 5.54 Å². The van der Waals surface area contributed by atoms with E-state index in [0.29, 0.717) is 5.75 Å². The number of nitrogens with one attached hydrogen (secondary N) is 1. The predicted molar refractivity (Wildman–Crippen MR) is 83.7 cm³/mol. The number of carbonyl (C=O) groups is 1. The van der Waals surface area contributed by atoms with Crippen molar-refractivity contribution in [3.05, 3.63) is 35.9 Å². The van der Waals surface area contributed by atoms with E-state index >= 15 is 0 Å². The van der Waals surface area contributed by atoms with Crippen LogP contribution in [-0.4, -0.2) is 28.1 Å². The number of benzene rings is 1. The van der Waals surface area contributed by atoms with Gasteiger partial charge in [0.05, 0.1) is 17.9 Å². The lowest BCUT2D eigenvalue weighted by atomic mass is 10.0. The van der Waals surface area contributed by atoms with Crippen molar-refractivity contribution < 1.29 is 9.90 Å². The quantitative estimate of drug-likeness (QED) is 0.846. The van der Waals surface area contributed by atoms with Gasteiger partial charge in [-0.1, -0.05) is 30.3 Å². The summed E-state index contributed by atoms with van der Waals surface area (Å²) in [5, 5.41) is 22.1. The topological polar surface area (TPSA) is 73.1 Å². The highest BCUT2D eigenvalue weighted by Gasteiger charge is 2.35. The highest BCUT2D eigenvalue weighted by atomic mass is 32.2. The van der Waals surface area contributed by atoms with Gasteiger partial charge in [0, 0.05) is 5.75 Å². The molecule has 0 bridgehead atoms. The standard InChI is InChI=1S/C16H20N2O2S/c17-12-16(8-4-5-9-16)18-15(20)11-21-10-14(19)13-6-2-1-3-7-13/h1-3,6-7,14,19H,4-5,8-11H2,(H,18,20)/t14-/m1/s1. The Bertz CT molecular complexity index is 507. The van der Waals surface area contributed by atoms with Gasteiger partial charge in [-0.25, -0.2) is 0 Å². The number of carbonyl (C=O) groups excluding carboxylic acids is 1. The molecule has 0 aliphatic heterocycles. The third-order valence-electron chi connectivity index (χ3n) is 3.74. The average molecular weight is 304 g/mol. The Morgan fingerprint density at radius 3 is 2.67 bits per heavy atom. The Balaban J connectivity index is 1.73. The van der Waals surface area contributed by atoms with Gasteiger partial charge in [-0.05, 0) is 31.2 Å². The molecule has 1 amide bonds. The number of amides is 1. The van der Waals surface area contributed by atoms with Crippen molar-refractivity contribution in [2.75, 3.05) is 11.5 Å². The lowest BCUT2D eigenvalue weighted by Crippen LogP contribution is -2.45. The smallest absolute Gasteiger partial charge is 0.231 e. The molecule has 0 aromatic heterocycles. The molecule has 0 heterocycles. The maximum Gasteiger partial charge on any atom is 0.231 e. The molecule has 0 spiro atoms. The molecule has 2 N–H and O–H groups in total. The lowest BCUT2D eigenvalue weighted by Gasteiger charge is -2.22. The molecule has 1 aliphatic carbocycles. The maximum absolute atomic E-state index is 11.9. The summed E-state index contributed by atoms with van der Waals surface area (Å²) in [4.78, 5) is 11.9. The zero-order valence-corrected chi connectivity index (χ0v) is 12.7. The van der Waals surface area contributed by atoms with Crippen LogP contribution in [0, 0.1) is 11.3 Å². The van der Waals surface area contributed by atoms with Crippen LogP contribution < -0.4 is 5.32 Å². The van der Waals surface area contributed by atoms with Gasteiger partial charge in [0.15, 0.2) is 0 Å². The number of nitrogens with zero attached hydrogens (tertiary/aromatic N) is 1. The Morgan fingerprint density at radius 2 is 2.05 bits per heavy atom. The van der Waals surface area contributed by atoms with Crippen molar-refractivity contribution >= 4 is 17.7 Å². The second-order valence-corrected chi connectivity index (χ2v) is 6.42. The number of rotatable bonds is 6. The number of nitriles is 1. The Labute approximate surface area is 129 Å². The minimum absolute atomic E-state index is 0.122. The minimum Gasteiger partial charge on any atom is -0.388 e. The molecule has 4 nitrogen and oxygen atoms in total. The van der Waals surface area contributed by atoms with E-state index < -0.39 is 11.6 Å². The van der Waals surface area contributed by atoms with Gasteiger partial charge >= 0.3 is 0 Å². The van der Waals surface area contributed by atoms with Crippen LogP contribution in [0.4, 0.5) is 0 Å². The van der Waals surface area contributed by atoms with E-state index in [9.17, 15) is 15.2 Å². The molecule has 0 saturated heterocycles. The summed E-state index contributed by atoms with van der Waals surface area (Å²) >= 11 is 1.39. The number of thioether (sulfide) groups is 1. The van der Waals surface area contributed by atoms with Gasteiger partial charge in [-0.3, -0.25) is 4.79 Å². The van der Waals surface area contributed by atoms with Crippen molar-refractivity contribution in [3.63, 3.8) is 0 Å². The summed E-state index contributed by atoms with van der Waals surface area (Å²) in [6.07, 6.45) is 2.90. The molecular formula is C16H20N2O2S. The molecule has 0 radical (unpaired) electrons. The highest BCUT2D eigenvalue weighted by Crippen LogP contribution is 2.29. The normalized spacial score (nSPS) is 17.9. The molecule has 1 fully saturated rings. The van der Waals surface area contributed by atoms with Crippen LogP contribution in [0.3, 0.4) is 0 Å². The van der Waals surface area contributed by atoms with E-state index in [1.54, 1.807) is 0 Å². The minimum atomic E-state index is -0.657. The molecule has 0 unspecified atom stereocenters.